The molecule has 0 saturated carbocycles. The molecule has 2 aromatic heterocycles. The van der Waals surface area contributed by atoms with Gasteiger partial charge in [0, 0.05) is 42.3 Å². The summed E-state index contributed by atoms with van der Waals surface area (Å²) in [5.41, 5.74) is 5.24. The van der Waals surface area contributed by atoms with Gasteiger partial charge in [0.2, 0.25) is 5.91 Å². The maximum absolute atomic E-state index is 12.7. The van der Waals surface area contributed by atoms with Crippen LogP contribution in [0.25, 0.3) is 5.69 Å². The van der Waals surface area contributed by atoms with Crippen molar-refractivity contribution >= 4 is 17.5 Å². The molecular formula is C24H27N5O2. The normalized spacial score (nSPS) is 14.5. The SMILES string of the molecule is Cc1ccc(C(=O)N2CCC(C(=O)Nc3ccc(-n4nc(C)cc4C)cc3)CC2)cn1. The van der Waals surface area contributed by atoms with E-state index in [1.54, 1.807) is 17.2 Å². The minimum Gasteiger partial charge on any atom is -0.339 e. The van der Waals surface area contributed by atoms with Crippen molar-refractivity contribution in [1.82, 2.24) is 19.7 Å². The first kappa shape index (κ1) is 20.8. The standard InChI is InChI=1S/C24H27N5O2/c1-16-4-5-20(15-25-16)24(31)28-12-10-19(11-13-28)23(30)26-21-6-8-22(9-7-21)29-18(3)14-17(2)27-29/h4-9,14-15,19H,10-13H2,1-3H3,(H,26,30). The van der Waals surface area contributed by atoms with Crippen molar-refractivity contribution in [1.29, 1.82) is 0 Å². The Morgan fingerprint density at radius 2 is 1.68 bits per heavy atom. The number of nitrogens with zero attached hydrogens (tertiary/aromatic N) is 4. The molecular weight excluding hydrogens is 390 g/mol. The molecule has 31 heavy (non-hydrogen) atoms. The van der Waals surface area contributed by atoms with Crippen LogP contribution in [0.3, 0.4) is 0 Å². The van der Waals surface area contributed by atoms with Crippen LogP contribution in [-0.4, -0.2) is 44.6 Å². The number of pyridine rings is 1. The topological polar surface area (TPSA) is 80.1 Å². The zero-order valence-electron chi connectivity index (χ0n) is 18.1. The van der Waals surface area contributed by atoms with Gasteiger partial charge in [-0.25, -0.2) is 4.68 Å². The van der Waals surface area contributed by atoms with Crippen molar-refractivity contribution < 1.29 is 9.59 Å². The highest BCUT2D eigenvalue weighted by Crippen LogP contribution is 2.22. The van der Waals surface area contributed by atoms with E-state index < -0.39 is 0 Å². The van der Waals surface area contributed by atoms with Crippen LogP contribution in [0.2, 0.25) is 0 Å². The molecule has 1 N–H and O–H groups in total. The lowest BCUT2D eigenvalue weighted by molar-refractivity contribution is -0.121. The molecule has 160 valence electrons. The Labute approximate surface area is 182 Å². The number of hydrogen-bond acceptors (Lipinski definition) is 4. The first-order chi connectivity index (χ1) is 14.9. The lowest BCUT2D eigenvalue weighted by atomic mass is 9.95. The second kappa shape index (κ2) is 8.71. The summed E-state index contributed by atoms with van der Waals surface area (Å²) in [5, 5.41) is 7.50. The second-order valence-corrected chi connectivity index (χ2v) is 8.13. The van der Waals surface area contributed by atoms with Crippen LogP contribution < -0.4 is 5.32 Å². The summed E-state index contributed by atoms with van der Waals surface area (Å²) in [4.78, 5) is 31.4. The van der Waals surface area contributed by atoms with Crippen LogP contribution in [0.1, 0.15) is 40.3 Å². The summed E-state index contributed by atoms with van der Waals surface area (Å²) in [6, 6.07) is 13.4. The molecule has 7 nitrogen and oxygen atoms in total. The number of aryl methyl sites for hydroxylation is 3. The molecule has 7 heteroatoms. The summed E-state index contributed by atoms with van der Waals surface area (Å²) < 4.78 is 1.89. The largest absolute Gasteiger partial charge is 0.339 e. The van der Waals surface area contributed by atoms with Crippen molar-refractivity contribution in [3.05, 3.63) is 71.3 Å². The number of anilines is 1. The number of carbonyl (C=O) groups is 2. The van der Waals surface area contributed by atoms with Gasteiger partial charge in [0.1, 0.15) is 0 Å². The fraction of sp³-hybridized carbons (Fsp3) is 0.333. The molecule has 0 unspecified atom stereocenters. The monoisotopic (exact) mass is 417 g/mol. The predicted octanol–water partition coefficient (Wildman–Crippen LogP) is 3.68. The van der Waals surface area contributed by atoms with Crippen LogP contribution in [0, 0.1) is 26.7 Å². The average molecular weight is 418 g/mol. The number of nitrogens with one attached hydrogen (secondary N) is 1. The summed E-state index contributed by atoms with van der Waals surface area (Å²) in [6.45, 7) is 7.02. The van der Waals surface area contributed by atoms with Crippen LogP contribution >= 0.6 is 0 Å². The fourth-order valence-corrected chi connectivity index (χ4v) is 3.94. The summed E-state index contributed by atoms with van der Waals surface area (Å²) >= 11 is 0. The highest BCUT2D eigenvalue weighted by atomic mass is 16.2. The number of likely N-dealkylation sites (tertiary alicyclic amines) is 1. The molecule has 1 aliphatic heterocycles. The fourth-order valence-electron chi connectivity index (χ4n) is 3.94. The molecule has 1 aromatic carbocycles. The number of piperidine rings is 1. The van der Waals surface area contributed by atoms with E-state index in [-0.39, 0.29) is 17.7 Å². The molecule has 1 saturated heterocycles. The molecule has 0 atom stereocenters. The summed E-state index contributed by atoms with van der Waals surface area (Å²) in [6.07, 6.45) is 2.92. The van der Waals surface area contributed by atoms with Crippen LogP contribution in [-0.2, 0) is 4.79 Å². The molecule has 0 spiro atoms. The molecule has 0 aliphatic carbocycles. The van der Waals surface area contributed by atoms with Crippen molar-refractivity contribution in [2.75, 3.05) is 18.4 Å². The third kappa shape index (κ3) is 4.66. The van der Waals surface area contributed by atoms with Gasteiger partial charge in [-0.1, -0.05) is 0 Å². The van der Waals surface area contributed by atoms with Crippen molar-refractivity contribution in [3.8, 4) is 5.69 Å². The van der Waals surface area contributed by atoms with E-state index in [9.17, 15) is 9.59 Å². The van der Waals surface area contributed by atoms with Gasteiger partial charge in [-0.2, -0.15) is 5.10 Å². The molecule has 0 radical (unpaired) electrons. The Morgan fingerprint density at radius 3 is 2.26 bits per heavy atom. The molecule has 3 heterocycles. The van der Waals surface area contributed by atoms with Gasteiger partial charge < -0.3 is 10.2 Å². The number of amides is 2. The number of rotatable bonds is 4. The van der Waals surface area contributed by atoms with Crippen LogP contribution in [0.15, 0.2) is 48.7 Å². The zero-order valence-corrected chi connectivity index (χ0v) is 18.1. The minimum atomic E-state index is -0.101. The highest BCUT2D eigenvalue weighted by Gasteiger charge is 2.28. The lowest BCUT2D eigenvalue weighted by Crippen LogP contribution is -2.41. The lowest BCUT2D eigenvalue weighted by Gasteiger charge is -2.31. The van der Waals surface area contributed by atoms with E-state index in [4.69, 9.17) is 0 Å². The zero-order chi connectivity index (χ0) is 22.0. The maximum Gasteiger partial charge on any atom is 0.255 e. The van der Waals surface area contributed by atoms with E-state index in [0.29, 0.717) is 31.5 Å². The molecule has 1 fully saturated rings. The van der Waals surface area contributed by atoms with Crippen molar-refractivity contribution in [2.24, 2.45) is 5.92 Å². The Bertz CT molecular complexity index is 1080. The van der Waals surface area contributed by atoms with Crippen LogP contribution in [0.5, 0.6) is 0 Å². The Kier molecular flexibility index (Phi) is 5.84. The third-order valence-electron chi connectivity index (χ3n) is 5.70. The minimum absolute atomic E-state index is 0.00275. The molecule has 1 aliphatic rings. The first-order valence-electron chi connectivity index (χ1n) is 10.6. The Hall–Kier alpha value is -3.48. The van der Waals surface area contributed by atoms with E-state index in [0.717, 1.165) is 28.5 Å². The van der Waals surface area contributed by atoms with Gasteiger partial charge >= 0.3 is 0 Å². The van der Waals surface area contributed by atoms with Gasteiger partial charge in [-0.05, 0) is 76.1 Å². The summed E-state index contributed by atoms with van der Waals surface area (Å²) in [5.74, 6) is -0.120. The van der Waals surface area contributed by atoms with E-state index in [1.165, 1.54) is 0 Å². The third-order valence-corrected chi connectivity index (χ3v) is 5.70. The average Bonchev–Trinajstić information content (AvgIpc) is 3.12. The number of aromatic nitrogens is 3. The van der Waals surface area contributed by atoms with Gasteiger partial charge in [0.15, 0.2) is 0 Å². The molecule has 2 amide bonds. The van der Waals surface area contributed by atoms with Gasteiger partial charge in [-0.15, -0.1) is 0 Å². The second-order valence-electron chi connectivity index (χ2n) is 8.13. The Morgan fingerprint density at radius 1 is 0.968 bits per heavy atom. The highest BCUT2D eigenvalue weighted by molar-refractivity contribution is 5.95. The van der Waals surface area contributed by atoms with E-state index in [1.807, 2.05) is 61.9 Å². The summed E-state index contributed by atoms with van der Waals surface area (Å²) in [7, 11) is 0. The maximum atomic E-state index is 12.7. The van der Waals surface area contributed by atoms with E-state index in [2.05, 4.69) is 15.4 Å². The van der Waals surface area contributed by atoms with Gasteiger partial charge in [0.25, 0.3) is 5.91 Å². The number of carbonyl (C=O) groups excluding carboxylic acids is 2. The number of hydrogen-bond donors (Lipinski definition) is 1. The van der Waals surface area contributed by atoms with Crippen molar-refractivity contribution in [3.63, 3.8) is 0 Å². The van der Waals surface area contributed by atoms with Gasteiger partial charge in [-0.3, -0.25) is 14.6 Å². The van der Waals surface area contributed by atoms with E-state index >= 15 is 0 Å². The van der Waals surface area contributed by atoms with Crippen LogP contribution in [0.4, 0.5) is 5.69 Å². The smallest absolute Gasteiger partial charge is 0.255 e. The van der Waals surface area contributed by atoms with Crippen molar-refractivity contribution in [2.45, 2.75) is 33.6 Å². The predicted molar refractivity (Wildman–Crippen MR) is 119 cm³/mol. The first-order valence-corrected chi connectivity index (χ1v) is 10.6. The quantitative estimate of drug-likeness (QED) is 0.702. The Balaban J connectivity index is 1.32. The number of benzene rings is 1. The molecule has 0 bridgehead atoms. The van der Waals surface area contributed by atoms with Gasteiger partial charge in [0.05, 0.1) is 16.9 Å². The molecule has 4 rings (SSSR count). The molecule has 3 aromatic rings.